The van der Waals surface area contributed by atoms with Gasteiger partial charge in [-0.25, -0.2) is 0 Å². The van der Waals surface area contributed by atoms with Crippen molar-refractivity contribution in [1.82, 2.24) is 0 Å². The standard InChI is InChI=1S/C31H32N2O4/c1-2-3-4-5-6-7-8-16-27(34)32-22-19-17-21(18-20-22)31(37)33-26-15-11-14-25-28(26)30(36)24-13-10-9-12-23(24)29(25)35/h9-15,17-20H,2-8,16H2,1H3,(H,32,34)(H,33,37). The lowest BCUT2D eigenvalue weighted by atomic mass is 9.83. The molecule has 3 aromatic rings. The Morgan fingerprint density at radius 1 is 0.649 bits per heavy atom. The fourth-order valence-electron chi connectivity index (χ4n) is 4.61. The van der Waals surface area contributed by atoms with E-state index in [0.717, 1.165) is 19.3 Å². The zero-order valence-electron chi connectivity index (χ0n) is 21.1. The summed E-state index contributed by atoms with van der Waals surface area (Å²) in [5.74, 6) is -0.975. The van der Waals surface area contributed by atoms with Crippen LogP contribution in [-0.4, -0.2) is 23.4 Å². The molecule has 6 nitrogen and oxygen atoms in total. The molecule has 0 saturated carbocycles. The SMILES string of the molecule is CCCCCCCCCC(=O)Nc1ccc(C(=O)Nc2cccc3c2C(=O)c2ccccc2C3=O)cc1. The van der Waals surface area contributed by atoms with Crippen molar-refractivity contribution in [2.45, 2.75) is 58.3 Å². The number of hydrogen-bond acceptors (Lipinski definition) is 4. The Morgan fingerprint density at radius 3 is 1.97 bits per heavy atom. The van der Waals surface area contributed by atoms with Gasteiger partial charge in [0.1, 0.15) is 0 Å². The van der Waals surface area contributed by atoms with E-state index in [2.05, 4.69) is 17.6 Å². The summed E-state index contributed by atoms with van der Waals surface area (Å²) in [6, 6.07) is 18.2. The minimum absolute atomic E-state index is 0.0369. The van der Waals surface area contributed by atoms with Crippen LogP contribution in [0.5, 0.6) is 0 Å². The third kappa shape index (κ3) is 6.20. The summed E-state index contributed by atoms with van der Waals surface area (Å²) in [4.78, 5) is 51.3. The van der Waals surface area contributed by atoms with Crippen LogP contribution in [-0.2, 0) is 4.79 Å². The lowest BCUT2D eigenvalue weighted by Gasteiger charge is -2.20. The van der Waals surface area contributed by atoms with Gasteiger partial charge >= 0.3 is 0 Å². The molecule has 2 N–H and O–H groups in total. The second-order valence-electron chi connectivity index (χ2n) is 9.38. The molecule has 0 spiro atoms. The second-order valence-corrected chi connectivity index (χ2v) is 9.38. The number of rotatable bonds is 11. The zero-order chi connectivity index (χ0) is 26.2. The van der Waals surface area contributed by atoms with Crippen LogP contribution in [0.4, 0.5) is 11.4 Å². The summed E-state index contributed by atoms with van der Waals surface area (Å²) in [6.07, 6.45) is 8.55. The van der Waals surface area contributed by atoms with Gasteiger partial charge in [0.15, 0.2) is 11.6 Å². The van der Waals surface area contributed by atoms with Crippen LogP contribution in [0.15, 0.2) is 66.7 Å². The van der Waals surface area contributed by atoms with Crippen molar-refractivity contribution in [1.29, 1.82) is 0 Å². The van der Waals surface area contributed by atoms with Gasteiger partial charge in [-0.15, -0.1) is 0 Å². The number of fused-ring (bicyclic) bond motifs is 2. The summed E-state index contributed by atoms with van der Waals surface area (Å²) < 4.78 is 0. The lowest BCUT2D eigenvalue weighted by molar-refractivity contribution is -0.116. The van der Waals surface area contributed by atoms with Crippen LogP contribution in [0.2, 0.25) is 0 Å². The maximum Gasteiger partial charge on any atom is 0.255 e. The molecule has 2 amide bonds. The third-order valence-electron chi connectivity index (χ3n) is 6.64. The Labute approximate surface area is 217 Å². The zero-order valence-corrected chi connectivity index (χ0v) is 21.1. The first-order valence-corrected chi connectivity index (χ1v) is 13.0. The van der Waals surface area contributed by atoms with Gasteiger partial charge < -0.3 is 10.6 Å². The largest absolute Gasteiger partial charge is 0.326 e. The number of anilines is 2. The summed E-state index contributed by atoms with van der Waals surface area (Å²) in [6.45, 7) is 2.20. The number of amides is 2. The normalized spacial score (nSPS) is 12.0. The van der Waals surface area contributed by atoms with Gasteiger partial charge in [-0.3, -0.25) is 19.2 Å². The molecule has 0 radical (unpaired) electrons. The van der Waals surface area contributed by atoms with E-state index in [0.29, 0.717) is 34.5 Å². The minimum Gasteiger partial charge on any atom is -0.326 e. The molecule has 0 aliphatic heterocycles. The lowest BCUT2D eigenvalue weighted by Crippen LogP contribution is -2.23. The van der Waals surface area contributed by atoms with Crippen molar-refractivity contribution in [3.63, 3.8) is 0 Å². The van der Waals surface area contributed by atoms with E-state index >= 15 is 0 Å². The van der Waals surface area contributed by atoms with E-state index in [1.165, 1.54) is 25.7 Å². The van der Waals surface area contributed by atoms with Crippen LogP contribution >= 0.6 is 0 Å². The maximum atomic E-state index is 13.1. The van der Waals surface area contributed by atoms with Crippen LogP contribution in [0.1, 0.15) is 100 Å². The topological polar surface area (TPSA) is 92.3 Å². The minimum atomic E-state index is -0.409. The molecular weight excluding hydrogens is 464 g/mol. The molecule has 0 unspecified atom stereocenters. The van der Waals surface area contributed by atoms with Crippen molar-refractivity contribution in [3.05, 3.63) is 94.5 Å². The Balaban J connectivity index is 1.35. The Bertz CT molecular complexity index is 1310. The first-order valence-electron chi connectivity index (χ1n) is 13.0. The number of carbonyl (C=O) groups excluding carboxylic acids is 4. The van der Waals surface area contributed by atoms with Crippen molar-refractivity contribution >= 4 is 34.8 Å². The molecular formula is C31H32N2O4. The number of nitrogens with one attached hydrogen (secondary N) is 2. The molecule has 0 aromatic heterocycles. The number of hydrogen-bond donors (Lipinski definition) is 2. The summed E-state index contributed by atoms with van der Waals surface area (Å²) in [5.41, 5.74) is 2.47. The van der Waals surface area contributed by atoms with E-state index in [9.17, 15) is 19.2 Å². The van der Waals surface area contributed by atoms with Crippen molar-refractivity contribution in [3.8, 4) is 0 Å². The molecule has 4 rings (SSSR count). The summed E-state index contributed by atoms with van der Waals surface area (Å²) in [7, 11) is 0. The smallest absolute Gasteiger partial charge is 0.255 e. The molecule has 3 aromatic carbocycles. The fraction of sp³-hybridized carbons (Fsp3) is 0.290. The van der Waals surface area contributed by atoms with Crippen LogP contribution in [0.25, 0.3) is 0 Å². The van der Waals surface area contributed by atoms with Gasteiger partial charge in [-0.2, -0.15) is 0 Å². The summed E-state index contributed by atoms with van der Waals surface area (Å²) in [5, 5.41) is 5.66. The van der Waals surface area contributed by atoms with Crippen LogP contribution < -0.4 is 10.6 Å². The van der Waals surface area contributed by atoms with Gasteiger partial charge in [-0.05, 0) is 36.8 Å². The Morgan fingerprint density at radius 2 is 1.27 bits per heavy atom. The van der Waals surface area contributed by atoms with E-state index in [1.54, 1.807) is 66.7 Å². The molecule has 0 heterocycles. The summed E-state index contributed by atoms with van der Waals surface area (Å²) >= 11 is 0. The highest BCUT2D eigenvalue weighted by molar-refractivity contribution is 6.30. The van der Waals surface area contributed by atoms with E-state index in [1.807, 2.05) is 0 Å². The average molecular weight is 497 g/mol. The van der Waals surface area contributed by atoms with Crippen LogP contribution in [0, 0.1) is 0 Å². The first-order chi connectivity index (χ1) is 18.0. The highest BCUT2D eigenvalue weighted by Crippen LogP contribution is 2.32. The van der Waals surface area contributed by atoms with Gasteiger partial charge in [0.2, 0.25) is 5.91 Å². The average Bonchev–Trinajstić information content (AvgIpc) is 2.91. The first kappa shape index (κ1) is 26.0. The van der Waals surface area contributed by atoms with Gasteiger partial charge in [-0.1, -0.05) is 81.8 Å². The van der Waals surface area contributed by atoms with Crippen molar-refractivity contribution in [2.24, 2.45) is 0 Å². The number of benzene rings is 3. The second kappa shape index (κ2) is 12.3. The number of unbranched alkanes of at least 4 members (excludes halogenated alkanes) is 6. The predicted molar refractivity (Wildman–Crippen MR) is 145 cm³/mol. The highest BCUT2D eigenvalue weighted by atomic mass is 16.2. The van der Waals surface area contributed by atoms with E-state index in [-0.39, 0.29) is 28.6 Å². The molecule has 190 valence electrons. The highest BCUT2D eigenvalue weighted by Gasteiger charge is 2.31. The van der Waals surface area contributed by atoms with Gasteiger partial charge in [0, 0.05) is 34.4 Å². The fourth-order valence-corrected chi connectivity index (χ4v) is 4.61. The molecule has 1 aliphatic rings. The quantitative estimate of drug-likeness (QED) is 0.224. The number of carbonyl (C=O) groups is 4. The molecule has 1 aliphatic carbocycles. The maximum absolute atomic E-state index is 13.1. The Kier molecular flexibility index (Phi) is 8.62. The van der Waals surface area contributed by atoms with E-state index < -0.39 is 5.91 Å². The molecule has 0 fully saturated rings. The van der Waals surface area contributed by atoms with Crippen molar-refractivity contribution in [2.75, 3.05) is 10.6 Å². The van der Waals surface area contributed by atoms with Crippen LogP contribution in [0.3, 0.4) is 0 Å². The molecule has 6 heteroatoms. The molecule has 37 heavy (non-hydrogen) atoms. The molecule has 0 bridgehead atoms. The monoisotopic (exact) mass is 496 g/mol. The molecule has 0 atom stereocenters. The number of ketones is 2. The third-order valence-corrected chi connectivity index (χ3v) is 6.64. The Hall–Kier alpha value is -4.06. The van der Waals surface area contributed by atoms with Gasteiger partial charge in [0.05, 0.1) is 11.3 Å². The predicted octanol–water partition coefficient (Wildman–Crippen LogP) is 6.79. The van der Waals surface area contributed by atoms with E-state index in [4.69, 9.17) is 0 Å². The molecule has 0 saturated heterocycles. The van der Waals surface area contributed by atoms with Gasteiger partial charge in [0.25, 0.3) is 5.91 Å². The van der Waals surface area contributed by atoms with Crippen molar-refractivity contribution < 1.29 is 19.2 Å².